The quantitative estimate of drug-likeness (QED) is 0.220. The molecule has 0 atom stereocenters. The van der Waals surface area contributed by atoms with Crippen molar-refractivity contribution >= 4 is 34.5 Å². The summed E-state index contributed by atoms with van der Waals surface area (Å²) >= 11 is 0. The van der Waals surface area contributed by atoms with Crippen LogP contribution in [0, 0.1) is 11.6 Å². The second-order valence-electron chi connectivity index (χ2n) is 10.4. The van der Waals surface area contributed by atoms with Crippen molar-refractivity contribution in [1.29, 1.82) is 0 Å². The first kappa shape index (κ1) is 30.1. The molecule has 1 amide bonds. The first-order valence-corrected chi connectivity index (χ1v) is 13.5. The van der Waals surface area contributed by atoms with Gasteiger partial charge < -0.3 is 20.1 Å². The van der Waals surface area contributed by atoms with Gasteiger partial charge in [-0.1, -0.05) is 24.3 Å². The highest BCUT2D eigenvalue weighted by Gasteiger charge is 2.21. The van der Waals surface area contributed by atoms with Crippen LogP contribution in [0.1, 0.15) is 27.0 Å². The van der Waals surface area contributed by atoms with Gasteiger partial charge in [-0.3, -0.25) is 9.59 Å². The third-order valence-electron chi connectivity index (χ3n) is 6.57. The Balaban J connectivity index is 1.34. The minimum atomic E-state index is -1.11. The Morgan fingerprint density at radius 3 is 2.45 bits per heavy atom. The largest absolute Gasteiger partial charge is 0.327 e. The predicted molar refractivity (Wildman–Crippen MR) is 162 cm³/mol. The molecule has 0 aliphatic carbocycles. The van der Waals surface area contributed by atoms with Crippen LogP contribution >= 0.6 is 0 Å². The van der Waals surface area contributed by atoms with E-state index in [1.807, 2.05) is 38.4 Å². The fourth-order valence-electron chi connectivity index (χ4n) is 4.52. The van der Waals surface area contributed by atoms with Gasteiger partial charge >= 0.3 is 0 Å². The van der Waals surface area contributed by atoms with E-state index in [-0.39, 0.29) is 17.7 Å². The van der Waals surface area contributed by atoms with Crippen LogP contribution in [0.25, 0.3) is 17.0 Å². The summed E-state index contributed by atoms with van der Waals surface area (Å²) in [5.74, 6) is -3.30. The minimum Gasteiger partial charge on any atom is -0.327 e. The Kier molecular flexibility index (Phi) is 9.10. The highest BCUT2D eigenvalue weighted by atomic mass is 19.2. The number of fused-ring (bicyclic) bond motifs is 1. The van der Waals surface area contributed by atoms with E-state index in [9.17, 15) is 18.4 Å². The molecule has 0 bridgehead atoms. The summed E-state index contributed by atoms with van der Waals surface area (Å²) < 4.78 is 42.6. The molecule has 3 aromatic carbocycles. The highest BCUT2D eigenvalue weighted by molar-refractivity contribution is 5.93. The molecule has 12 heteroatoms. The second-order valence-corrected chi connectivity index (χ2v) is 10.4. The van der Waals surface area contributed by atoms with Crippen molar-refractivity contribution in [3.8, 4) is 0 Å². The molecule has 9 nitrogen and oxygen atoms in total. The monoisotopic (exact) mass is 599 g/mol. The number of amides is 1. The van der Waals surface area contributed by atoms with Gasteiger partial charge in [-0.2, -0.15) is 0 Å². The van der Waals surface area contributed by atoms with E-state index in [1.165, 1.54) is 17.7 Å². The highest BCUT2D eigenvalue weighted by Crippen LogP contribution is 2.21. The lowest BCUT2D eigenvalue weighted by molar-refractivity contribution is 0.0747. The molecule has 0 aliphatic heterocycles. The van der Waals surface area contributed by atoms with Crippen molar-refractivity contribution in [3.63, 3.8) is 0 Å². The van der Waals surface area contributed by atoms with E-state index in [4.69, 9.17) is 0 Å². The second kappa shape index (κ2) is 13.3. The standard InChI is InChI=1S/C32H28F3N7O2/c1-41(2)16-20-3-7-25(8-4-20)39-32-37-14-23-11-21(6-10-29(23)40-32)12-24(33)18-42(17-22-5-9-27(34)28(35)13-22)31(44)26-15-36-19-38-30(26)43/h3-15,19H,16-18H2,1-2H3,(H,36,38,43)(H,37,39,40)/b24-12-. The van der Waals surface area contributed by atoms with Gasteiger partial charge in [0.1, 0.15) is 11.4 Å². The van der Waals surface area contributed by atoms with Crippen molar-refractivity contribution in [3.05, 3.63) is 129 Å². The number of anilines is 2. The summed E-state index contributed by atoms with van der Waals surface area (Å²) in [6.45, 7) is -0.000741. The van der Waals surface area contributed by atoms with Crippen molar-refractivity contribution in [2.45, 2.75) is 13.1 Å². The van der Waals surface area contributed by atoms with E-state index >= 15 is 4.39 Å². The zero-order chi connectivity index (χ0) is 31.2. The number of rotatable bonds is 10. The molecule has 5 rings (SSSR count). The van der Waals surface area contributed by atoms with Gasteiger partial charge in [0, 0.05) is 36.6 Å². The SMILES string of the molecule is CN(C)Cc1ccc(Nc2ncc3cc(/C=C(\F)CN(Cc4ccc(F)c(F)c4)C(=O)c4cnc[nH]c4=O)ccc3n2)cc1. The smallest absolute Gasteiger partial charge is 0.263 e. The number of aromatic amines is 1. The van der Waals surface area contributed by atoms with Gasteiger partial charge in [0.05, 0.1) is 18.4 Å². The first-order chi connectivity index (χ1) is 21.1. The third kappa shape index (κ3) is 7.53. The molecule has 0 saturated heterocycles. The number of aromatic nitrogens is 4. The van der Waals surface area contributed by atoms with E-state index < -0.39 is 35.5 Å². The number of halogens is 3. The molecule has 224 valence electrons. The summed E-state index contributed by atoms with van der Waals surface area (Å²) in [7, 11) is 4.01. The molecule has 0 fully saturated rings. The van der Waals surface area contributed by atoms with Gasteiger partial charge in [0.25, 0.3) is 11.5 Å². The third-order valence-corrected chi connectivity index (χ3v) is 6.57. The molecular weight excluding hydrogens is 571 g/mol. The van der Waals surface area contributed by atoms with Crippen molar-refractivity contribution in [1.82, 2.24) is 29.7 Å². The van der Waals surface area contributed by atoms with Crippen LogP contribution in [0.15, 0.2) is 90.0 Å². The molecular formula is C32H28F3N7O2. The summed E-state index contributed by atoms with van der Waals surface area (Å²) in [6, 6.07) is 16.2. The first-order valence-electron chi connectivity index (χ1n) is 13.5. The van der Waals surface area contributed by atoms with Gasteiger partial charge in [0.2, 0.25) is 5.95 Å². The number of nitrogens with one attached hydrogen (secondary N) is 2. The van der Waals surface area contributed by atoms with E-state index in [2.05, 4.69) is 30.2 Å². The van der Waals surface area contributed by atoms with Crippen LogP contribution in [-0.2, 0) is 13.1 Å². The number of benzene rings is 3. The minimum absolute atomic E-state index is 0.210. The normalized spacial score (nSPS) is 11.6. The fraction of sp³-hybridized carbons (Fsp3) is 0.156. The predicted octanol–water partition coefficient (Wildman–Crippen LogP) is 5.45. The lowest BCUT2D eigenvalue weighted by Gasteiger charge is -2.22. The molecule has 0 unspecified atom stereocenters. The molecule has 44 heavy (non-hydrogen) atoms. The average Bonchev–Trinajstić information content (AvgIpc) is 2.99. The zero-order valence-corrected chi connectivity index (χ0v) is 23.9. The van der Waals surface area contributed by atoms with Gasteiger partial charge in [-0.25, -0.2) is 28.1 Å². The molecule has 0 radical (unpaired) electrons. The number of nitrogens with zero attached hydrogens (tertiary/aromatic N) is 5. The van der Waals surface area contributed by atoms with Crippen LogP contribution in [0.4, 0.5) is 24.8 Å². The van der Waals surface area contributed by atoms with Gasteiger partial charge in [-0.05, 0) is 73.3 Å². The van der Waals surface area contributed by atoms with Crippen molar-refractivity contribution in [2.24, 2.45) is 0 Å². The van der Waals surface area contributed by atoms with Crippen LogP contribution in [-0.4, -0.2) is 56.3 Å². The van der Waals surface area contributed by atoms with Crippen LogP contribution in [0.3, 0.4) is 0 Å². The number of hydrogen-bond acceptors (Lipinski definition) is 7. The summed E-state index contributed by atoms with van der Waals surface area (Å²) in [6.07, 6.45) is 5.03. The number of H-pyrrole nitrogens is 1. The number of hydrogen-bond donors (Lipinski definition) is 2. The Labute approximate surface area is 250 Å². The molecule has 5 aromatic rings. The van der Waals surface area contributed by atoms with Crippen molar-refractivity contribution in [2.75, 3.05) is 26.0 Å². The topological polar surface area (TPSA) is 107 Å². The molecule has 0 saturated carbocycles. The Morgan fingerprint density at radius 2 is 1.73 bits per heavy atom. The molecule has 2 aromatic heterocycles. The summed E-state index contributed by atoms with van der Waals surface area (Å²) in [5, 5.41) is 3.84. The van der Waals surface area contributed by atoms with E-state index in [1.54, 1.807) is 24.4 Å². The van der Waals surface area contributed by atoms with E-state index in [0.29, 0.717) is 22.4 Å². The number of carbonyl (C=O) groups excluding carboxylic acids is 1. The van der Waals surface area contributed by atoms with Crippen molar-refractivity contribution < 1.29 is 18.0 Å². The van der Waals surface area contributed by atoms with Crippen LogP contribution in [0.2, 0.25) is 0 Å². The van der Waals surface area contributed by atoms with Gasteiger partial charge in [-0.15, -0.1) is 0 Å². The van der Waals surface area contributed by atoms with E-state index in [0.717, 1.165) is 41.8 Å². The van der Waals surface area contributed by atoms with Crippen LogP contribution < -0.4 is 10.9 Å². The number of carbonyl (C=O) groups is 1. The molecule has 2 N–H and O–H groups in total. The maximum Gasteiger partial charge on any atom is 0.263 e. The summed E-state index contributed by atoms with van der Waals surface area (Å²) in [4.78, 5) is 43.5. The lowest BCUT2D eigenvalue weighted by atomic mass is 10.1. The Hall–Kier alpha value is -5.36. The van der Waals surface area contributed by atoms with Gasteiger partial charge in [0.15, 0.2) is 11.6 Å². The molecule has 0 spiro atoms. The Morgan fingerprint density at radius 1 is 0.955 bits per heavy atom. The average molecular weight is 600 g/mol. The molecule has 2 heterocycles. The Bertz CT molecular complexity index is 1890. The maximum atomic E-state index is 15.4. The molecule has 0 aliphatic rings. The lowest BCUT2D eigenvalue weighted by Crippen LogP contribution is -2.35. The summed E-state index contributed by atoms with van der Waals surface area (Å²) in [5.41, 5.74) is 2.31. The fourth-order valence-corrected chi connectivity index (χ4v) is 4.52. The maximum absolute atomic E-state index is 15.4. The van der Waals surface area contributed by atoms with Crippen LogP contribution in [0.5, 0.6) is 0 Å². The zero-order valence-electron chi connectivity index (χ0n) is 23.9.